The maximum Gasteiger partial charge on any atom is 0.232 e. The van der Waals surface area contributed by atoms with Gasteiger partial charge in [0.1, 0.15) is 0 Å². The van der Waals surface area contributed by atoms with Crippen LogP contribution in [0.25, 0.3) is 0 Å². The lowest BCUT2D eigenvalue weighted by Gasteiger charge is -2.34. The summed E-state index contributed by atoms with van der Waals surface area (Å²) in [7, 11) is 0. The van der Waals surface area contributed by atoms with E-state index in [0.29, 0.717) is 45.8 Å². The van der Waals surface area contributed by atoms with Crippen LogP contribution in [0.15, 0.2) is 24.3 Å². The van der Waals surface area contributed by atoms with Gasteiger partial charge in [0.05, 0.1) is 12.0 Å². The molecule has 2 rings (SSSR count). The van der Waals surface area contributed by atoms with Gasteiger partial charge in [-0.15, -0.1) is 0 Å². The molecule has 0 aromatic heterocycles. The van der Waals surface area contributed by atoms with E-state index in [1.165, 1.54) is 0 Å². The van der Waals surface area contributed by atoms with Crippen molar-refractivity contribution in [1.29, 1.82) is 0 Å². The Bertz CT molecular complexity index is 453. The average molecular weight is 292 g/mol. The van der Waals surface area contributed by atoms with E-state index in [0.717, 1.165) is 11.3 Å². The van der Waals surface area contributed by atoms with Crippen LogP contribution in [0, 0.1) is 5.41 Å². The molecule has 0 spiro atoms. The van der Waals surface area contributed by atoms with Gasteiger partial charge in [-0.1, -0.05) is 12.1 Å². The lowest BCUT2D eigenvalue weighted by molar-refractivity contribution is -0.130. The van der Waals surface area contributed by atoms with Gasteiger partial charge in [0.25, 0.3) is 0 Å². The second-order valence-corrected chi connectivity index (χ2v) is 5.39. The van der Waals surface area contributed by atoms with Gasteiger partial charge in [-0.3, -0.25) is 4.79 Å². The van der Waals surface area contributed by atoms with Crippen molar-refractivity contribution in [1.82, 2.24) is 0 Å². The van der Waals surface area contributed by atoms with E-state index in [-0.39, 0.29) is 5.91 Å². The Hall–Kier alpha value is -1.43. The Morgan fingerprint density at radius 2 is 2.00 bits per heavy atom. The summed E-state index contributed by atoms with van der Waals surface area (Å²) in [5.41, 5.74) is 7.22. The normalized spacial score (nSPS) is 17.4. The lowest BCUT2D eigenvalue weighted by atomic mass is 9.79. The predicted molar refractivity (Wildman–Crippen MR) is 81.9 cm³/mol. The van der Waals surface area contributed by atoms with Crippen molar-refractivity contribution in [2.75, 3.05) is 31.7 Å². The number of amides is 1. The van der Waals surface area contributed by atoms with E-state index in [1.54, 1.807) is 0 Å². The van der Waals surface area contributed by atoms with E-state index in [2.05, 4.69) is 5.32 Å². The topological polar surface area (TPSA) is 73.6 Å². The molecule has 3 N–H and O–H groups in total. The minimum absolute atomic E-state index is 0.00846. The molecular formula is C16H24N2O3. The van der Waals surface area contributed by atoms with Gasteiger partial charge in [0, 0.05) is 32.1 Å². The minimum atomic E-state index is -0.498. The fourth-order valence-electron chi connectivity index (χ4n) is 2.45. The van der Waals surface area contributed by atoms with Crippen LogP contribution in [0.1, 0.15) is 25.3 Å². The van der Waals surface area contributed by atoms with E-state index in [9.17, 15) is 4.79 Å². The van der Waals surface area contributed by atoms with E-state index >= 15 is 0 Å². The van der Waals surface area contributed by atoms with E-state index < -0.39 is 5.41 Å². The van der Waals surface area contributed by atoms with E-state index in [4.69, 9.17) is 15.2 Å². The van der Waals surface area contributed by atoms with Crippen molar-refractivity contribution in [3.63, 3.8) is 0 Å². The summed E-state index contributed by atoms with van der Waals surface area (Å²) in [5.74, 6) is -0.00846. The van der Waals surface area contributed by atoms with Crippen molar-refractivity contribution in [3.8, 4) is 0 Å². The minimum Gasteiger partial charge on any atom is -0.381 e. The predicted octanol–water partition coefficient (Wildman–Crippen LogP) is 1.92. The summed E-state index contributed by atoms with van der Waals surface area (Å²) in [6.45, 7) is 4.80. The summed E-state index contributed by atoms with van der Waals surface area (Å²) in [4.78, 5) is 12.5. The lowest BCUT2D eigenvalue weighted by Crippen LogP contribution is -2.46. The zero-order valence-corrected chi connectivity index (χ0v) is 12.6. The maximum atomic E-state index is 12.5. The van der Waals surface area contributed by atoms with Gasteiger partial charge in [-0.25, -0.2) is 0 Å². The van der Waals surface area contributed by atoms with Crippen molar-refractivity contribution in [2.45, 2.75) is 26.4 Å². The highest BCUT2D eigenvalue weighted by atomic mass is 16.5. The number of nitrogens with two attached hydrogens (primary N) is 1. The van der Waals surface area contributed by atoms with Crippen LogP contribution in [0.5, 0.6) is 0 Å². The van der Waals surface area contributed by atoms with Gasteiger partial charge in [0.15, 0.2) is 0 Å². The maximum absolute atomic E-state index is 12.5. The first kappa shape index (κ1) is 15.9. The average Bonchev–Trinajstić information content (AvgIpc) is 2.54. The highest BCUT2D eigenvalue weighted by molar-refractivity contribution is 5.95. The number of hydrogen-bond acceptors (Lipinski definition) is 4. The molecule has 1 aromatic rings. The molecule has 0 radical (unpaired) electrons. The number of rotatable bonds is 6. The number of carbonyl (C=O) groups excluding carboxylic acids is 1. The summed E-state index contributed by atoms with van der Waals surface area (Å²) < 4.78 is 10.7. The third kappa shape index (κ3) is 4.03. The summed E-state index contributed by atoms with van der Waals surface area (Å²) in [6.07, 6.45) is 1.36. The molecule has 21 heavy (non-hydrogen) atoms. The zero-order valence-electron chi connectivity index (χ0n) is 12.6. The number of hydrogen-bond donors (Lipinski definition) is 2. The van der Waals surface area contributed by atoms with Crippen LogP contribution in [-0.4, -0.2) is 32.3 Å². The number of anilines is 1. The quantitative estimate of drug-likeness (QED) is 0.840. The van der Waals surface area contributed by atoms with Crippen LogP contribution in [0.4, 0.5) is 5.69 Å². The second kappa shape index (κ2) is 7.54. The second-order valence-electron chi connectivity index (χ2n) is 5.39. The smallest absolute Gasteiger partial charge is 0.232 e. The van der Waals surface area contributed by atoms with Crippen molar-refractivity contribution >= 4 is 11.6 Å². The molecule has 1 saturated heterocycles. The highest BCUT2D eigenvalue weighted by Crippen LogP contribution is 2.30. The van der Waals surface area contributed by atoms with Crippen LogP contribution < -0.4 is 11.1 Å². The fraction of sp³-hybridized carbons (Fsp3) is 0.562. The third-order valence-corrected chi connectivity index (χ3v) is 4.01. The van der Waals surface area contributed by atoms with Gasteiger partial charge in [-0.2, -0.15) is 0 Å². The zero-order chi connectivity index (χ0) is 15.1. The Balaban J connectivity index is 1.98. The summed E-state index contributed by atoms with van der Waals surface area (Å²) >= 11 is 0. The van der Waals surface area contributed by atoms with Crippen molar-refractivity contribution < 1.29 is 14.3 Å². The molecular weight excluding hydrogens is 268 g/mol. The van der Waals surface area contributed by atoms with Crippen LogP contribution in [0.3, 0.4) is 0 Å². The Morgan fingerprint density at radius 1 is 1.33 bits per heavy atom. The molecule has 1 heterocycles. The molecule has 0 unspecified atom stereocenters. The van der Waals surface area contributed by atoms with E-state index in [1.807, 2.05) is 31.2 Å². The first-order chi connectivity index (χ1) is 10.2. The third-order valence-electron chi connectivity index (χ3n) is 4.01. The number of ether oxygens (including phenoxy) is 2. The highest BCUT2D eigenvalue weighted by Gasteiger charge is 2.38. The van der Waals surface area contributed by atoms with Crippen molar-refractivity contribution in [2.24, 2.45) is 11.1 Å². The molecule has 0 aliphatic carbocycles. The fourth-order valence-corrected chi connectivity index (χ4v) is 2.45. The molecule has 0 saturated carbocycles. The van der Waals surface area contributed by atoms with Crippen molar-refractivity contribution in [3.05, 3.63) is 29.8 Å². The molecule has 1 amide bonds. The SMILES string of the molecule is CCOCc1ccc(NC(=O)C2(CN)CCOCC2)cc1. The van der Waals surface area contributed by atoms with Crippen LogP contribution in [-0.2, 0) is 20.9 Å². The summed E-state index contributed by atoms with van der Waals surface area (Å²) in [5, 5.41) is 2.97. The van der Waals surface area contributed by atoms with Crippen LogP contribution >= 0.6 is 0 Å². The number of nitrogens with one attached hydrogen (secondary N) is 1. The number of carbonyl (C=O) groups is 1. The largest absolute Gasteiger partial charge is 0.381 e. The van der Waals surface area contributed by atoms with Gasteiger partial charge >= 0.3 is 0 Å². The molecule has 1 fully saturated rings. The summed E-state index contributed by atoms with van der Waals surface area (Å²) in [6, 6.07) is 7.72. The standard InChI is InChI=1S/C16H24N2O3/c1-2-20-11-13-3-5-14(6-4-13)18-15(19)16(12-17)7-9-21-10-8-16/h3-6H,2,7-12,17H2,1H3,(H,18,19). The van der Waals surface area contributed by atoms with Gasteiger partial charge < -0.3 is 20.5 Å². The van der Waals surface area contributed by atoms with Crippen LogP contribution in [0.2, 0.25) is 0 Å². The molecule has 0 bridgehead atoms. The Labute approximate surface area is 125 Å². The Kier molecular flexibility index (Phi) is 5.73. The monoisotopic (exact) mass is 292 g/mol. The molecule has 116 valence electrons. The molecule has 5 nitrogen and oxygen atoms in total. The molecule has 5 heteroatoms. The van der Waals surface area contributed by atoms with Gasteiger partial charge in [-0.05, 0) is 37.5 Å². The molecule has 1 aliphatic heterocycles. The molecule has 0 atom stereocenters. The molecule has 1 aliphatic rings. The first-order valence-electron chi connectivity index (χ1n) is 7.46. The van der Waals surface area contributed by atoms with Gasteiger partial charge in [0.2, 0.25) is 5.91 Å². The Morgan fingerprint density at radius 3 is 2.57 bits per heavy atom. The first-order valence-corrected chi connectivity index (χ1v) is 7.46. The molecule has 1 aromatic carbocycles. The number of benzene rings is 1.